The number of phosphoric acid groups is 2. The molecule has 28 nitrogen and oxygen atoms in total. The van der Waals surface area contributed by atoms with E-state index in [4.69, 9.17) is 48.7 Å². The van der Waals surface area contributed by atoms with Gasteiger partial charge in [-0.05, 0) is 26.3 Å². The van der Waals surface area contributed by atoms with E-state index in [1.165, 1.54) is 37.0 Å². The number of amides is 1. The van der Waals surface area contributed by atoms with E-state index in [1.807, 2.05) is 0 Å². The molecule has 3 unspecified atom stereocenters. The highest BCUT2D eigenvalue weighted by Crippen LogP contribution is 2.56. The van der Waals surface area contributed by atoms with Crippen molar-refractivity contribution in [1.29, 1.82) is 0 Å². The van der Waals surface area contributed by atoms with Crippen molar-refractivity contribution in [2.45, 2.75) is 80.8 Å². The Kier molecular flexibility index (Phi) is 15.6. The number of ether oxygens (including phenoxy) is 2. The number of aliphatic carboxylic acids is 1. The number of carbonyl (C=O) groups is 2. The smallest absolute Gasteiger partial charge is 0.475 e. The molecule has 3 aliphatic heterocycles. The number of hydrogen-bond donors (Lipinski definition) is 9. The van der Waals surface area contributed by atoms with Crippen molar-refractivity contribution < 1.29 is 71.0 Å². The zero-order chi connectivity index (χ0) is 45.8. The van der Waals surface area contributed by atoms with Crippen LogP contribution in [0.2, 0.25) is 0 Å². The van der Waals surface area contributed by atoms with Crippen LogP contribution in [0.1, 0.15) is 38.1 Å². The fraction of sp³-hybridized carbons (Fsp3) is 0.625. The van der Waals surface area contributed by atoms with E-state index in [0.717, 1.165) is 12.7 Å². The van der Waals surface area contributed by atoms with Crippen molar-refractivity contribution in [3.63, 3.8) is 0 Å². The summed E-state index contributed by atoms with van der Waals surface area (Å²) in [4.78, 5) is 69.7. The van der Waals surface area contributed by atoms with E-state index in [2.05, 4.69) is 40.5 Å². The number of hydrogen-bond acceptors (Lipinski definition) is 24. The predicted octanol–water partition coefficient (Wildman–Crippen LogP) is -0.587. The summed E-state index contributed by atoms with van der Waals surface area (Å²) in [5.74, 6) is -0.801. The first-order chi connectivity index (χ1) is 30.6. The van der Waals surface area contributed by atoms with Gasteiger partial charge in [0.05, 0.1) is 32.5 Å². The third-order valence-corrected chi connectivity index (χ3v) is 14.9. The minimum atomic E-state index is -5.14. The quantitative estimate of drug-likeness (QED) is 0.0363. The number of phosphoric ester groups is 2. The van der Waals surface area contributed by atoms with Gasteiger partial charge in [-0.3, -0.25) is 51.1 Å². The Morgan fingerprint density at radius 1 is 0.953 bits per heavy atom. The minimum absolute atomic E-state index is 0.0256. The van der Waals surface area contributed by atoms with Crippen molar-refractivity contribution in [3.8, 4) is 0 Å². The Hall–Kier alpha value is -3.84. The first-order valence-corrected chi connectivity index (χ1v) is 25.0. The molecule has 3 fully saturated rings. The van der Waals surface area contributed by atoms with E-state index < -0.39 is 95.5 Å². The number of nitrogen functional groups attached to an aromatic ring is 2. The third-order valence-electron chi connectivity index (χ3n) is 10.1. The summed E-state index contributed by atoms with van der Waals surface area (Å²) in [6, 6.07) is -0.651. The van der Waals surface area contributed by atoms with Gasteiger partial charge in [-0.25, -0.2) is 29.1 Å². The molecule has 4 aromatic rings. The molecule has 11 N–H and O–H groups in total. The molecular weight excluding hydrogens is 935 g/mol. The van der Waals surface area contributed by atoms with Gasteiger partial charge in [-0.1, -0.05) is 21.6 Å². The molecule has 0 saturated carbocycles. The maximum atomic E-state index is 14.7. The first kappa shape index (κ1) is 48.1. The second-order valence-electron chi connectivity index (χ2n) is 14.4. The molecule has 2 bridgehead atoms. The molecule has 0 spiro atoms. The minimum Gasteiger partial charge on any atom is -0.480 e. The van der Waals surface area contributed by atoms with E-state index >= 15 is 0 Å². The van der Waals surface area contributed by atoms with E-state index in [9.17, 15) is 38.6 Å². The highest BCUT2D eigenvalue weighted by atomic mass is 33.1. The highest BCUT2D eigenvalue weighted by molar-refractivity contribution is 8.76. The number of carboxylic acid groups (broad SMARTS) is 1. The van der Waals surface area contributed by atoms with Crippen LogP contribution in [0.4, 0.5) is 11.8 Å². The van der Waals surface area contributed by atoms with Gasteiger partial charge in [0, 0.05) is 24.5 Å². The average molecular weight is 981 g/mol. The summed E-state index contributed by atoms with van der Waals surface area (Å²) in [7, 11) is -5.82. The van der Waals surface area contributed by atoms with E-state index in [-0.39, 0.29) is 58.8 Å². The van der Waals surface area contributed by atoms with Gasteiger partial charge in [-0.2, -0.15) is 4.98 Å². The van der Waals surface area contributed by atoms with Gasteiger partial charge < -0.3 is 51.8 Å². The lowest BCUT2D eigenvalue weighted by Gasteiger charge is -2.27. The molecule has 3 aliphatic rings. The molecular formula is C32H46N12O16P2S2. The number of fused-ring (bicyclic) bond motifs is 5. The fourth-order valence-electron chi connectivity index (χ4n) is 6.97. The molecule has 0 aliphatic carbocycles. The molecule has 11 atom stereocenters. The van der Waals surface area contributed by atoms with Crippen molar-refractivity contribution in [3.05, 3.63) is 29.3 Å². The van der Waals surface area contributed by atoms with Gasteiger partial charge >= 0.3 is 21.6 Å². The number of unbranched alkanes of at least 4 members (excludes halogenated alkanes) is 1. The number of likely N-dealkylation sites (N-methyl/N-ethyl adjacent to an activating group) is 1. The number of nitrogens with two attached hydrogens (primary N) is 2. The van der Waals surface area contributed by atoms with Gasteiger partial charge in [0.1, 0.15) is 54.5 Å². The molecule has 0 aromatic carbocycles. The van der Waals surface area contributed by atoms with E-state index in [0.29, 0.717) is 31.6 Å². The number of aromatic amines is 1. The summed E-state index contributed by atoms with van der Waals surface area (Å²) >= 11 is 0. The molecule has 32 heteroatoms. The number of nitrogens with zero attached hydrogens (tertiary/aromatic N) is 7. The predicted molar refractivity (Wildman–Crippen MR) is 224 cm³/mol. The lowest BCUT2D eigenvalue weighted by molar-refractivity contribution is -0.139. The van der Waals surface area contributed by atoms with Gasteiger partial charge in [0.25, 0.3) is 5.56 Å². The topological polar surface area (TPSA) is 397 Å². The molecule has 0 radical (unpaired) electrons. The van der Waals surface area contributed by atoms with Crippen molar-refractivity contribution in [2.75, 3.05) is 56.4 Å². The van der Waals surface area contributed by atoms with Gasteiger partial charge in [-0.15, -0.1) is 0 Å². The molecule has 1 amide bonds. The number of aliphatic hydroxyl groups excluding tert-OH is 2. The summed E-state index contributed by atoms with van der Waals surface area (Å²) in [5, 5.41) is 37.7. The Morgan fingerprint density at radius 2 is 1.67 bits per heavy atom. The van der Waals surface area contributed by atoms with Crippen molar-refractivity contribution in [1.82, 2.24) is 49.7 Å². The number of anilines is 2. The van der Waals surface area contributed by atoms with Gasteiger partial charge in [0.2, 0.25) is 11.9 Å². The SMILES string of the molecule is CNC(CCCCNC(=O)CCSSCCOP1(=O)OC[C@H]2O[C@@H](n3cnc4c(N)ncnc43)[C@H](O)[C@@H]2OP(=O)(O)OC[C@H]2O[C@@H](n3cnc4c(=O)[nH]c(N)nc43)[C@H](O1)[C@@H]2O)C(=O)O. The number of aromatic nitrogens is 8. The number of imidazole rings is 2. The zero-order valence-electron chi connectivity index (χ0n) is 33.7. The summed E-state index contributed by atoms with van der Waals surface area (Å²) in [5.41, 5.74) is 11.0. The second-order valence-corrected chi connectivity index (χ2v) is 20.1. The normalized spacial score (nSPS) is 30.4. The standard InChI is InChI=1S/C32H46N12O16P2S2/c1-35-15(31(49)50)4-2-3-6-36-18(45)5-8-63-64-9-7-54-62(53)56-11-17-23(22(47)29(58-17)43-13-39-19-25(33)37-12-38-26(19)43)59-61(51,52)55-10-16-21(46)24(60-62)30(57-16)44-14-40-20-27(44)41-32(34)42-28(20)48/h12-17,21-24,29-30,35,46-47H,2-11H2,1H3,(H,36,45)(H,49,50)(H,51,52)(H2,33,37,38)(H3,34,41,42,48)/t15?,16-,17-,21-,22-,23-,24-,29-,30-,62?/m1/s1. The van der Waals surface area contributed by atoms with Gasteiger partial charge in [0.15, 0.2) is 35.1 Å². The van der Waals surface area contributed by atoms with Crippen LogP contribution in [0.5, 0.6) is 0 Å². The Morgan fingerprint density at radius 3 is 2.44 bits per heavy atom. The maximum absolute atomic E-state index is 14.7. The van der Waals surface area contributed by atoms with E-state index in [1.54, 1.807) is 7.05 Å². The summed E-state index contributed by atoms with van der Waals surface area (Å²) in [6.45, 7) is -1.48. The zero-order valence-corrected chi connectivity index (χ0v) is 37.1. The van der Waals surface area contributed by atoms with Crippen LogP contribution in [-0.4, -0.2) is 159 Å². The Labute approximate surface area is 369 Å². The van der Waals surface area contributed by atoms with Crippen LogP contribution >= 0.6 is 37.2 Å². The number of carbonyl (C=O) groups excluding carboxylic acids is 1. The number of carboxylic acids is 1. The average Bonchev–Trinajstić information content (AvgIpc) is 4.01. The lowest BCUT2D eigenvalue weighted by Crippen LogP contribution is -2.36. The monoisotopic (exact) mass is 980 g/mol. The molecule has 3 saturated heterocycles. The molecule has 7 heterocycles. The lowest BCUT2D eigenvalue weighted by atomic mass is 10.1. The van der Waals surface area contributed by atoms with Crippen LogP contribution in [-0.2, 0) is 50.8 Å². The Bertz CT molecular complexity index is 2450. The summed E-state index contributed by atoms with van der Waals surface area (Å²) < 4.78 is 71.0. The fourth-order valence-corrected chi connectivity index (χ4v) is 11.2. The second kappa shape index (κ2) is 20.8. The first-order valence-electron chi connectivity index (χ1n) is 19.5. The molecule has 7 rings (SSSR count). The van der Waals surface area contributed by atoms with Crippen molar-refractivity contribution >= 4 is 83.2 Å². The maximum Gasteiger partial charge on any atom is 0.475 e. The van der Waals surface area contributed by atoms with Crippen molar-refractivity contribution in [2.24, 2.45) is 0 Å². The van der Waals surface area contributed by atoms with Crippen LogP contribution in [0.3, 0.4) is 0 Å². The highest BCUT2D eigenvalue weighted by Gasteiger charge is 2.54. The number of H-pyrrole nitrogens is 1. The molecule has 64 heavy (non-hydrogen) atoms. The summed E-state index contributed by atoms with van der Waals surface area (Å²) in [6.07, 6.45) is -7.36. The van der Waals surface area contributed by atoms with Crippen LogP contribution in [0, 0.1) is 0 Å². The number of rotatable bonds is 17. The molecule has 4 aromatic heterocycles. The number of nitrogens with one attached hydrogen (secondary N) is 3. The third kappa shape index (κ3) is 11.0. The number of aliphatic hydroxyl groups is 2. The Balaban J connectivity index is 1.05. The largest absolute Gasteiger partial charge is 0.480 e. The molecule has 352 valence electrons. The van der Waals surface area contributed by atoms with Crippen LogP contribution in [0.25, 0.3) is 22.3 Å². The van der Waals surface area contributed by atoms with Crippen LogP contribution < -0.4 is 27.7 Å². The van der Waals surface area contributed by atoms with Crippen LogP contribution in [0.15, 0.2) is 23.8 Å².